The van der Waals surface area contributed by atoms with Crippen LogP contribution in [-0.2, 0) is 34.1 Å². The van der Waals surface area contributed by atoms with Gasteiger partial charge < -0.3 is 20.3 Å². The lowest BCUT2D eigenvalue weighted by molar-refractivity contribution is -0.136. The Labute approximate surface area is 214 Å². The first kappa shape index (κ1) is 28.1. The number of fused-ring (bicyclic) bond motifs is 1. The van der Waals surface area contributed by atoms with Gasteiger partial charge in [-0.3, -0.25) is 4.79 Å². The van der Waals surface area contributed by atoms with Crippen molar-refractivity contribution in [2.75, 3.05) is 27.2 Å². The zero-order valence-electron chi connectivity index (χ0n) is 21.5. The van der Waals surface area contributed by atoms with Gasteiger partial charge in [0.25, 0.3) is 0 Å². The monoisotopic (exact) mass is 518 g/mol. The maximum atomic E-state index is 13.3. The maximum absolute atomic E-state index is 13.3. The highest BCUT2D eigenvalue weighted by Gasteiger charge is 2.30. The first-order valence-corrected chi connectivity index (χ1v) is 13.7. The fourth-order valence-corrected chi connectivity index (χ4v) is 6.35. The van der Waals surface area contributed by atoms with E-state index in [0.29, 0.717) is 11.5 Å². The highest BCUT2D eigenvalue weighted by atomic mass is 32.2. The third-order valence-electron chi connectivity index (χ3n) is 6.76. The molecule has 3 N–H and O–H groups in total. The van der Waals surface area contributed by atoms with Crippen LogP contribution >= 0.6 is 0 Å². The lowest BCUT2D eigenvalue weighted by Crippen LogP contribution is -2.47. The van der Waals surface area contributed by atoms with Crippen molar-refractivity contribution in [3.8, 4) is 5.75 Å². The summed E-state index contributed by atoms with van der Waals surface area (Å²) in [5.41, 5.74) is 3.19. The molecule has 2 aromatic carbocycles. The number of carboxylic acids is 1. The minimum absolute atomic E-state index is 0.0447. The van der Waals surface area contributed by atoms with E-state index >= 15 is 0 Å². The van der Waals surface area contributed by atoms with E-state index in [9.17, 15) is 18.3 Å². The van der Waals surface area contributed by atoms with Crippen molar-refractivity contribution in [1.82, 2.24) is 9.62 Å². The van der Waals surface area contributed by atoms with Crippen molar-refractivity contribution < 1.29 is 28.2 Å². The molecule has 0 spiro atoms. The van der Waals surface area contributed by atoms with Crippen molar-refractivity contribution in [3.05, 3.63) is 59.2 Å². The second kappa shape index (κ2) is 11.7. The van der Waals surface area contributed by atoms with Crippen molar-refractivity contribution in [1.29, 1.82) is 0 Å². The molecule has 8 nitrogen and oxygen atoms in total. The largest absolute Gasteiger partial charge is 0.495 e. The van der Waals surface area contributed by atoms with E-state index in [1.165, 1.54) is 37.4 Å². The van der Waals surface area contributed by atoms with Gasteiger partial charge in [0.1, 0.15) is 10.6 Å². The number of β-amino-alcohol motifs (C(OH)–C–C–N with tert-alkyl or cyclic N) is 1. The SMILES string of the molecule is COc1ccc(CCC(=O)O)cc1S(=O)(=O)N(C)C[C@H](O)CNC(C)(C)CC1Cc2ccccc2C1. The number of nitrogens with zero attached hydrogens (tertiary/aromatic N) is 1. The van der Waals surface area contributed by atoms with Crippen LogP contribution in [0.5, 0.6) is 5.75 Å². The standard InChI is InChI=1S/C27H38N2O6S/c1-27(2,16-20-13-21-7-5-6-8-22(21)14-20)28-17-23(30)18-29(3)36(33,34)25-15-19(10-12-26(31)32)9-11-24(25)35-4/h5-9,11,15,20,23,28,30H,10,12-14,16-18H2,1-4H3,(H,31,32)/t23-/m1/s1. The van der Waals surface area contributed by atoms with Gasteiger partial charge in [0.05, 0.1) is 13.2 Å². The number of hydrogen-bond donors (Lipinski definition) is 3. The van der Waals surface area contributed by atoms with E-state index in [2.05, 4.69) is 43.4 Å². The molecule has 1 aliphatic rings. The summed E-state index contributed by atoms with van der Waals surface area (Å²) in [5.74, 6) is -0.249. The number of aliphatic hydroxyl groups is 1. The normalized spacial score (nSPS) is 15.2. The molecule has 9 heteroatoms. The molecule has 1 atom stereocenters. The summed E-state index contributed by atoms with van der Waals surface area (Å²) >= 11 is 0. The first-order chi connectivity index (χ1) is 16.9. The molecule has 0 radical (unpaired) electrons. The number of rotatable bonds is 13. The van der Waals surface area contributed by atoms with Crippen molar-refractivity contribution in [2.24, 2.45) is 5.92 Å². The summed E-state index contributed by atoms with van der Waals surface area (Å²) in [4.78, 5) is 10.9. The Bertz CT molecular complexity index is 1140. The molecule has 3 rings (SSSR count). The smallest absolute Gasteiger partial charge is 0.303 e. The summed E-state index contributed by atoms with van der Waals surface area (Å²) in [5, 5.41) is 23.0. The van der Waals surface area contributed by atoms with Gasteiger partial charge in [0.2, 0.25) is 10.0 Å². The number of aliphatic hydroxyl groups excluding tert-OH is 1. The Morgan fingerprint density at radius 3 is 2.42 bits per heavy atom. The third-order valence-corrected chi connectivity index (χ3v) is 8.61. The number of ether oxygens (including phenoxy) is 1. The summed E-state index contributed by atoms with van der Waals surface area (Å²) < 4.78 is 32.9. The molecule has 0 aromatic heterocycles. The van der Waals surface area contributed by atoms with Gasteiger partial charge in [0.15, 0.2) is 0 Å². The summed E-state index contributed by atoms with van der Waals surface area (Å²) in [6.45, 7) is 4.37. The van der Waals surface area contributed by atoms with E-state index in [0.717, 1.165) is 23.6 Å². The number of benzene rings is 2. The molecular weight excluding hydrogens is 480 g/mol. The zero-order valence-corrected chi connectivity index (χ0v) is 22.3. The molecule has 0 bridgehead atoms. The fraction of sp³-hybridized carbons (Fsp3) is 0.519. The lowest BCUT2D eigenvalue weighted by Gasteiger charge is -2.31. The molecule has 36 heavy (non-hydrogen) atoms. The average molecular weight is 519 g/mol. The highest BCUT2D eigenvalue weighted by Crippen LogP contribution is 2.32. The molecule has 0 unspecified atom stereocenters. The minimum atomic E-state index is -3.97. The molecule has 2 aromatic rings. The van der Waals surface area contributed by atoms with Crippen LogP contribution in [-0.4, -0.2) is 67.8 Å². The Kier molecular flexibility index (Phi) is 9.16. The van der Waals surface area contributed by atoms with Crippen LogP contribution in [0, 0.1) is 5.92 Å². The molecule has 0 fully saturated rings. The van der Waals surface area contributed by atoms with Crippen molar-refractivity contribution in [2.45, 2.75) is 62.5 Å². The number of hydrogen-bond acceptors (Lipinski definition) is 6. The van der Waals surface area contributed by atoms with Gasteiger partial charge in [-0.05, 0) is 74.3 Å². The minimum Gasteiger partial charge on any atom is -0.495 e. The van der Waals surface area contributed by atoms with Crippen LogP contribution in [0.25, 0.3) is 0 Å². The number of carboxylic acid groups (broad SMARTS) is 1. The van der Waals surface area contributed by atoms with Crippen LogP contribution in [0.2, 0.25) is 0 Å². The Morgan fingerprint density at radius 1 is 1.19 bits per heavy atom. The second-order valence-corrected chi connectivity index (χ2v) is 12.3. The molecule has 0 amide bonds. The predicted octanol–water partition coefficient (Wildman–Crippen LogP) is 2.87. The van der Waals surface area contributed by atoms with E-state index < -0.39 is 22.1 Å². The first-order valence-electron chi connectivity index (χ1n) is 12.3. The quantitative estimate of drug-likeness (QED) is 0.373. The molecule has 0 saturated heterocycles. The van der Waals surface area contributed by atoms with Crippen LogP contribution in [0.4, 0.5) is 0 Å². The number of methoxy groups -OCH3 is 1. The van der Waals surface area contributed by atoms with Gasteiger partial charge in [-0.25, -0.2) is 8.42 Å². The second-order valence-electron chi connectivity index (χ2n) is 10.3. The summed E-state index contributed by atoms with van der Waals surface area (Å²) in [6, 6.07) is 13.2. The molecule has 0 heterocycles. The van der Waals surface area contributed by atoms with Crippen LogP contribution in [0.3, 0.4) is 0 Å². The van der Waals surface area contributed by atoms with Gasteiger partial charge in [0, 0.05) is 32.1 Å². The highest BCUT2D eigenvalue weighted by molar-refractivity contribution is 7.89. The summed E-state index contributed by atoms with van der Waals surface area (Å²) in [6.07, 6.45) is 2.25. The van der Waals surface area contributed by atoms with Crippen molar-refractivity contribution >= 4 is 16.0 Å². The predicted molar refractivity (Wildman–Crippen MR) is 139 cm³/mol. The topological polar surface area (TPSA) is 116 Å². The van der Waals surface area contributed by atoms with Gasteiger partial charge in [-0.1, -0.05) is 30.3 Å². The van der Waals surface area contributed by atoms with E-state index in [1.54, 1.807) is 6.07 Å². The van der Waals surface area contributed by atoms with E-state index in [-0.39, 0.29) is 42.1 Å². The number of aliphatic carboxylic acids is 1. The molecule has 1 aliphatic carbocycles. The van der Waals surface area contributed by atoms with E-state index in [4.69, 9.17) is 9.84 Å². The van der Waals surface area contributed by atoms with Crippen LogP contribution in [0.1, 0.15) is 43.4 Å². The fourth-order valence-electron chi connectivity index (χ4n) is 4.94. The van der Waals surface area contributed by atoms with Gasteiger partial charge in [-0.15, -0.1) is 0 Å². The Hall–Kier alpha value is -2.46. The molecule has 0 aliphatic heterocycles. The number of carbonyl (C=O) groups is 1. The van der Waals surface area contributed by atoms with Crippen LogP contribution < -0.4 is 10.1 Å². The number of sulfonamides is 1. The lowest BCUT2D eigenvalue weighted by atomic mass is 9.88. The molecule has 0 saturated carbocycles. The zero-order chi connectivity index (χ0) is 26.5. The Morgan fingerprint density at radius 2 is 1.83 bits per heavy atom. The van der Waals surface area contributed by atoms with Crippen LogP contribution in [0.15, 0.2) is 47.4 Å². The number of likely N-dealkylation sites (N-methyl/N-ethyl adjacent to an activating group) is 1. The maximum Gasteiger partial charge on any atom is 0.303 e. The molecular formula is C27H38N2O6S. The number of aryl methyl sites for hydroxylation is 1. The van der Waals surface area contributed by atoms with Gasteiger partial charge in [-0.2, -0.15) is 4.31 Å². The Balaban J connectivity index is 1.58. The average Bonchev–Trinajstić information content (AvgIpc) is 3.22. The number of nitrogens with one attached hydrogen (secondary N) is 1. The van der Waals surface area contributed by atoms with E-state index in [1.807, 2.05) is 0 Å². The van der Waals surface area contributed by atoms with Crippen molar-refractivity contribution in [3.63, 3.8) is 0 Å². The third kappa shape index (κ3) is 7.29. The summed E-state index contributed by atoms with van der Waals surface area (Å²) in [7, 11) is -1.16. The molecule has 198 valence electrons. The van der Waals surface area contributed by atoms with Gasteiger partial charge >= 0.3 is 5.97 Å².